The molecule has 0 aromatic carbocycles. The number of hydrogen-bond donors (Lipinski definition) is 8. The number of nitrogens with two attached hydrogens (primary N) is 1. The Morgan fingerprint density at radius 2 is 1.60 bits per heavy atom. The molecule has 2 atom stereocenters. The van der Waals surface area contributed by atoms with Crippen LogP contribution >= 0.6 is 12.6 Å². The van der Waals surface area contributed by atoms with E-state index in [1.54, 1.807) is 0 Å². The van der Waals surface area contributed by atoms with Crippen molar-refractivity contribution in [3.63, 3.8) is 0 Å². The zero-order valence-corrected chi connectivity index (χ0v) is 14.4. The van der Waals surface area contributed by atoms with Crippen LogP contribution in [0.1, 0.15) is 12.8 Å². The fraction of sp³-hybridized carbons (Fsp3) is 0.600. The molecule has 25 heavy (non-hydrogen) atoms. The van der Waals surface area contributed by atoms with E-state index in [4.69, 9.17) is 33.5 Å². The van der Waals surface area contributed by atoms with Crippen LogP contribution in [0.3, 0.4) is 0 Å². The second kappa shape index (κ2) is 12.4. The highest BCUT2D eigenvalue weighted by Gasteiger charge is 2.20. The predicted octanol–water partition coefficient (Wildman–Crippen LogP) is -2.86. The van der Waals surface area contributed by atoms with E-state index < -0.39 is 52.8 Å². The largest absolute Gasteiger partial charge is 0.480 e. The molecule has 15 heteroatoms. The number of carboxylic acids is 2. The fourth-order valence-electron chi connectivity index (χ4n) is 1.16. The molecule has 2 amide bonds. The van der Waals surface area contributed by atoms with Gasteiger partial charge in [0, 0.05) is 12.2 Å². The molecule has 0 aliphatic heterocycles. The minimum absolute atomic E-state index is 0.0256. The Balaban J connectivity index is 0. The second-order valence-corrected chi connectivity index (χ2v) is 5.61. The highest BCUT2D eigenvalue weighted by molar-refractivity contribution is 7.80. The maximum atomic E-state index is 11.5. The van der Waals surface area contributed by atoms with Gasteiger partial charge >= 0.3 is 22.3 Å². The standard InChI is InChI=1S/C10H17N3O6S.H2O4S/c11-5(10(18)19)1-2-7(14)13-6(4-20)9(17)12-3-8(15)16;1-5(2,3)4/h5-6,20H,1-4,11H2,(H,12,17)(H,13,14)(H,15,16)(H,18,19);(H2,1,2,3,4). The molecule has 0 fully saturated rings. The maximum Gasteiger partial charge on any atom is 0.394 e. The van der Waals surface area contributed by atoms with Crippen molar-refractivity contribution in [1.29, 1.82) is 0 Å². The molecule has 13 nitrogen and oxygen atoms in total. The molecule has 0 aliphatic carbocycles. The number of carboxylic acid groups (broad SMARTS) is 2. The van der Waals surface area contributed by atoms with Gasteiger partial charge in [0.1, 0.15) is 18.6 Å². The average Bonchev–Trinajstić information content (AvgIpc) is 2.45. The van der Waals surface area contributed by atoms with E-state index in [0.29, 0.717) is 0 Å². The Bertz CT molecular complexity index is 571. The van der Waals surface area contributed by atoms with Crippen LogP contribution in [0.4, 0.5) is 0 Å². The summed E-state index contributed by atoms with van der Waals surface area (Å²) in [5, 5.41) is 21.4. The van der Waals surface area contributed by atoms with Crippen molar-refractivity contribution in [3.05, 3.63) is 0 Å². The van der Waals surface area contributed by atoms with E-state index in [-0.39, 0.29) is 18.6 Å². The molecule has 2 unspecified atom stereocenters. The van der Waals surface area contributed by atoms with Gasteiger partial charge in [0.25, 0.3) is 0 Å². The van der Waals surface area contributed by atoms with Gasteiger partial charge in [-0.1, -0.05) is 0 Å². The number of amides is 2. The van der Waals surface area contributed by atoms with Crippen LogP contribution in [0.15, 0.2) is 0 Å². The van der Waals surface area contributed by atoms with Crippen LogP contribution in [0.5, 0.6) is 0 Å². The average molecular weight is 405 g/mol. The second-order valence-electron chi connectivity index (χ2n) is 4.35. The Labute approximate surface area is 147 Å². The van der Waals surface area contributed by atoms with E-state index in [1.165, 1.54) is 0 Å². The minimum atomic E-state index is -4.67. The molecule has 0 saturated carbocycles. The van der Waals surface area contributed by atoms with Gasteiger partial charge in [-0.3, -0.25) is 28.3 Å². The molecular formula is C10H19N3O10S2. The summed E-state index contributed by atoms with van der Waals surface area (Å²) in [4.78, 5) is 43.7. The summed E-state index contributed by atoms with van der Waals surface area (Å²) < 4.78 is 31.6. The Morgan fingerprint density at radius 3 is 1.96 bits per heavy atom. The van der Waals surface area contributed by atoms with Crippen LogP contribution in [-0.2, 0) is 29.6 Å². The van der Waals surface area contributed by atoms with Gasteiger partial charge in [0.15, 0.2) is 0 Å². The third-order valence-electron chi connectivity index (χ3n) is 2.25. The van der Waals surface area contributed by atoms with Crippen LogP contribution < -0.4 is 16.4 Å². The lowest BCUT2D eigenvalue weighted by atomic mass is 10.1. The van der Waals surface area contributed by atoms with Crippen LogP contribution in [-0.4, -0.2) is 75.9 Å². The maximum absolute atomic E-state index is 11.5. The van der Waals surface area contributed by atoms with E-state index in [9.17, 15) is 19.2 Å². The van der Waals surface area contributed by atoms with Crippen molar-refractivity contribution in [2.24, 2.45) is 5.73 Å². The third-order valence-corrected chi connectivity index (χ3v) is 2.61. The fourth-order valence-corrected chi connectivity index (χ4v) is 1.41. The predicted molar refractivity (Wildman–Crippen MR) is 85.5 cm³/mol. The first-order valence-corrected chi connectivity index (χ1v) is 8.38. The van der Waals surface area contributed by atoms with Gasteiger partial charge in [-0.05, 0) is 6.42 Å². The van der Waals surface area contributed by atoms with Gasteiger partial charge in [0.2, 0.25) is 11.8 Å². The van der Waals surface area contributed by atoms with Crippen molar-refractivity contribution >= 4 is 46.8 Å². The lowest BCUT2D eigenvalue weighted by Gasteiger charge is -2.16. The quantitative estimate of drug-likeness (QED) is 0.143. The summed E-state index contributed by atoms with van der Waals surface area (Å²) in [6.07, 6.45) is -0.235. The number of aliphatic carboxylic acids is 2. The monoisotopic (exact) mass is 405 g/mol. The van der Waals surface area contributed by atoms with Gasteiger partial charge in [-0.2, -0.15) is 21.0 Å². The molecule has 0 aliphatic rings. The minimum Gasteiger partial charge on any atom is -0.480 e. The van der Waals surface area contributed by atoms with Crippen molar-refractivity contribution in [1.82, 2.24) is 10.6 Å². The summed E-state index contributed by atoms with van der Waals surface area (Å²) in [6.45, 7) is -0.567. The van der Waals surface area contributed by atoms with Gasteiger partial charge < -0.3 is 26.6 Å². The topological polar surface area (TPSA) is 233 Å². The summed E-state index contributed by atoms with van der Waals surface area (Å²) in [6, 6.07) is -2.15. The van der Waals surface area contributed by atoms with Gasteiger partial charge in [0.05, 0.1) is 0 Å². The Kier molecular flexibility index (Phi) is 12.6. The number of rotatable bonds is 9. The van der Waals surface area contributed by atoms with Crippen LogP contribution in [0, 0.1) is 0 Å². The van der Waals surface area contributed by atoms with Gasteiger partial charge in [-0.25, -0.2) is 0 Å². The number of thiol groups is 1. The first-order chi connectivity index (χ1) is 11.3. The van der Waals surface area contributed by atoms with Crippen molar-refractivity contribution in [3.8, 4) is 0 Å². The normalized spacial score (nSPS) is 12.8. The van der Waals surface area contributed by atoms with E-state index >= 15 is 0 Å². The number of nitrogens with one attached hydrogen (secondary N) is 2. The van der Waals surface area contributed by atoms with Crippen LogP contribution in [0.2, 0.25) is 0 Å². The number of hydrogen-bond acceptors (Lipinski definition) is 8. The third kappa shape index (κ3) is 18.2. The lowest BCUT2D eigenvalue weighted by Crippen LogP contribution is -2.49. The molecule has 0 aromatic heterocycles. The van der Waals surface area contributed by atoms with Crippen molar-refractivity contribution in [2.75, 3.05) is 12.3 Å². The van der Waals surface area contributed by atoms with E-state index in [2.05, 4.69) is 23.3 Å². The molecule has 146 valence electrons. The summed E-state index contributed by atoms with van der Waals surface area (Å²) >= 11 is 3.87. The summed E-state index contributed by atoms with van der Waals surface area (Å²) in [5.41, 5.74) is 5.23. The molecule has 0 saturated heterocycles. The summed E-state index contributed by atoms with van der Waals surface area (Å²) in [5.74, 6) is -3.70. The highest BCUT2D eigenvalue weighted by atomic mass is 32.3. The molecule has 0 spiro atoms. The van der Waals surface area contributed by atoms with Crippen molar-refractivity contribution in [2.45, 2.75) is 24.9 Å². The SMILES string of the molecule is NC(CCC(=O)NC(CS)C(=O)NCC(=O)O)C(=O)O.O=S(=O)(O)O. The molecule has 8 N–H and O–H groups in total. The summed E-state index contributed by atoms with van der Waals surface area (Å²) in [7, 11) is -4.67. The first kappa shape index (κ1) is 25.3. The highest BCUT2D eigenvalue weighted by Crippen LogP contribution is 1.97. The van der Waals surface area contributed by atoms with Crippen molar-refractivity contribution < 1.29 is 46.9 Å². The Hall–Kier alpha value is -1.94. The Morgan fingerprint density at radius 1 is 1.12 bits per heavy atom. The smallest absolute Gasteiger partial charge is 0.394 e. The zero-order chi connectivity index (χ0) is 20.2. The number of carbonyl (C=O) groups is 4. The lowest BCUT2D eigenvalue weighted by molar-refractivity contribution is -0.139. The molecule has 0 radical (unpaired) electrons. The van der Waals surface area contributed by atoms with E-state index in [1.807, 2.05) is 0 Å². The first-order valence-electron chi connectivity index (χ1n) is 6.35. The molecular weight excluding hydrogens is 386 g/mol. The van der Waals surface area contributed by atoms with Crippen LogP contribution in [0.25, 0.3) is 0 Å². The zero-order valence-electron chi connectivity index (χ0n) is 12.7. The molecule has 0 bridgehead atoms. The molecule has 0 heterocycles. The molecule has 0 aromatic rings. The van der Waals surface area contributed by atoms with Gasteiger partial charge in [-0.15, -0.1) is 0 Å². The molecule has 0 rings (SSSR count). The number of carbonyl (C=O) groups excluding carboxylic acids is 2. The van der Waals surface area contributed by atoms with E-state index in [0.717, 1.165) is 0 Å².